The Bertz CT molecular complexity index is 977. The van der Waals surface area contributed by atoms with Gasteiger partial charge in [-0.1, -0.05) is 11.6 Å². The molecule has 1 aliphatic heterocycles. The minimum absolute atomic E-state index is 0.0187. The molecule has 1 fully saturated rings. The van der Waals surface area contributed by atoms with E-state index >= 15 is 0 Å². The van der Waals surface area contributed by atoms with Crippen molar-refractivity contribution >= 4 is 34.2 Å². The average molecular weight is 384 g/mol. The van der Waals surface area contributed by atoms with Crippen LogP contribution in [0.5, 0.6) is 0 Å². The number of aryl methyl sites for hydroxylation is 1. The lowest BCUT2D eigenvalue weighted by atomic mass is 10.0. The monoisotopic (exact) mass is 383 g/mol. The minimum Gasteiger partial charge on any atom is -0.356 e. The molecule has 0 bridgehead atoms. The number of nitrogens with zero attached hydrogens (tertiary/aromatic N) is 5. The van der Waals surface area contributed by atoms with Gasteiger partial charge in [-0.3, -0.25) is 9.48 Å². The molecule has 27 heavy (non-hydrogen) atoms. The summed E-state index contributed by atoms with van der Waals surface area (Å²) < 4.78 is 1.66. The molecular formula is C20H22ClN5O. The predicted octanol–water partition coefficient (Wildman–Crippen LogP) is 3.36. The van der Waals surface area contributed by atoms with Gasteiger partial charge < -0.3 is 9.80 Å². The van der Waals surface area contributed by atoms with Crippen LogP contribution in [0.3, 0.4) is 0 Å². The first-order valence-corrected chi connectivity index (χ1v) is 9.47. The second-order valence-electron chi connectivity index (χ2n) is 7.02. The van der Waals surface area contributed by atoms with Crippen molar-refractivity contribution in [2.45, 2.75) is 18.9 Å². The van der Waals surface area contributed by atoms with Gasteiger partial charge in [0.1, 0.15) is 11.5 Å². The number of carbonyl (C=O) groups excluding carboxylic acids is 1. The molecule has 2 aromatic heterocycles. The zero-order valence-corrected chi connectivity index (χ0v) is 16.2. The number of benzene rings is 1. The summed E-state index contributed by atoms with van der Waals surface area (Å²) in [6.07, 6.45) is 3.62. The number of hydrogen-bond acceptors (Lipinski definition) is 4. The fourth-order valence-corrected chi connectivity index (χ4v) is 3.80. The van der Waals surface area contributed by atoms with Crippen LogP contribution in [0.1, 0.15) is 23.3 Å². The zero-order chi connectivity index (χ0) is 19.0. The van der Waals surface area contributed by atoms with E-state index < -0.39 is 0 Å². The molecule has 3 heterocycles. The number of halogens is 1. The molecule has 140 valence electrons. The molecule has 0 saturated carbocycles. The number of anilines is 1. The van der Waals surface area contributed by atoms with Crippen LogP contribution in [0.15, 0.2) is 42.6 Å². The highest BCUT2D eigenvalue weighted by atomic mass is 35.5. The van der Waals surface area contributed by atoms with Crippen LogP contribution < -0.4 is 4.90 Å². The van der Waals surface area contributed by atoms with Gasteiger partial charge in [0, 0.05) is 49.8 Å². The van der Waals surface area contributed by atoms with Gasteiger partial charge in [0.15, 0.2) is 0 Å². The summed E-state index contributed by atoms with van der Waals surface area (Å²) in [4.78, 5) is 21.5. The second-order valence-corrected chi connectivity index (χ2v) is 7.45. The van der Waals surface area contributed by atoms with Crippen LogP contribution in [0, 0.1) is 0 Å². The summed E-state index contributed by atoms with van der Waals surface area (Å²) in [7, 11) is 3.69. The molecule has 1 aliphatic rings. The molecule has 4 rings (SSSR count). The second kappa shape index (κ2) is 7.19. The molecular weight excluding hydrogens is 362 g/mol. The van der Waals surface area contributed by atoms with Crippen molar-refractivity contribution in [2.75, 3.05) is 25.0 Å². The van der Waals surface area contributed by atoms with E-state index in [1.807, 2.05) is 43.3 Å². The van der Waals surface area contributed by atoms with Gasteiger partial charge >= 0.3 is 0 Å². The van der Waals surface area contributed by atoms with E-state index in [1.54, 1.807) is 16.9 Å². The van der Waals surface area contributed by atoms with Crippen molar-refractivity contribution < 1.29 is 4.79 Å². The first-order valence-electron chi connectivity index (χ1n) is 9.09. The highest BCUT2D eigenvalue weighted by Crippen LogP contribution is 2.25. The van der Waals surface area contributed by atoms with Crippen LogP contribution in [0.2, 0.25) is 5.02 Å². The van der Waals surface area contributed by atoms with Crippen molar-refractivity contribution in [3.05, 3.63) is 53.3 Å². The van der Waals surface area contributed by atoms with Gasteiger partial charge in [-0.25, -0.2) is 4.98 Å². The maximum atomic E-state index is 12.6. The summed E-state index contributed by atoms with van der Waals surface area (Å²) >= 11 is 6.05. The Morgan fingerprint density at radius 2 is 1.96 bits per heavy atom. The van der Waals surface area contributed by atoms with E-state index in [9.17, 15) is 4.79 Å². The van der Waals surface area contributed by atoms with Crippen molar-refractivity contribution in [2.24, 2.45) is 7.05 Å². The van der Waals surface area contributed by atoms with E-state index in [0.717, 1.165) is 47.7 Å². The van der Waals surface area contributed by atoms with Gasteiger partial charge in [0.05, 0.1) is 5.52 Å². The number of fused-ring (bicyclic) bond motifs is 1. The smallest absolute Gasteiger partial charge is 0.274 e. The van der Waals surface area contributed by atoms with Gasteiger partial charge in [-0.05, 0) is 49.2 Å². The fourth-order valence-electron chi connectivity index (χ4n) is 3.62. The summed E-state index contributed by atoms with van der Waals surface area (Å²) in [6, 6.07) is 11.8. The maximum Gasteiger partial charge on any atom is 0.274 e. The van der Waals surface area contributed by atoms with E-state index in [1.165, 1.54) is 0 Å². The Balaban J connectivity index is 1.42. The lowest BCUT2D eigenvalue weighted by Crippen LogP contribution is -2.46. The molecule has 1 saturated heterocycles. The Morgan fingerprint density at radius 3 is 2.67 bits per heavy atom. The number of rotatable bonds is 3. The molecule has 0 aliphatic carbocycles. The molecule has 0 unspecified atom stereocenters. The van der Waals surface area contributed by atoms with Gasteiger partial charge in [0.25, 0.3) is 5.91 Å². The van der Waals surface area contributed by atoms with Crippen LogP contribution >= 0.6 is 11.6 Å². The third kappa shape index (κ3) is 3.62. The SMILES string of the molecule is CN(C(=O)c1ccn(C)n1)C1CCN(c2ccc3cc(Cl)ccc3n2)CC1. The van der Waals surface area contributed by atoms with E-state index in [-0.39, 0.29) is 11.9 Å². The van der Waals surface area contributed by atoms with Crippen molar-refractivity contribution in [3.8, 4) is 0 Å². The topological polar surface area (TPSA) is 54.3 Å². The number of hydrogen-bond donors (Lipinski definition) is 0. The van der Waals surface area contributed by atoms with E-state index in [2.05, 4.69) is 16.1 Å². The Morgan fingerprint density at radius 1 is 1.19 bits per heavy atom. The van der Waals surface area contributed by atoms with Crippen LogP contribution in [0.4, 0.5) is 5.82 Å². The van der Waals surface area contributed by atoms with Gasteiger partial charge in [-0.15, -0.1) is 0 Å². The van der Waals surface area contributed by atoms with E-state index in [0.29, 0.717) is 5.69 Å². The number of amides is 1. The molecule has 1 aromatic carbocycles. The number of pyridine rings is 1. The highest BCUT2D eigenvalue weighted by Gasteiger charge is 2.27. The zero-order valence-electron chi connectivity index (χ0n) is 15.5. The van der Waals surface area contributed by atoms with Gasteiger partial charge in [0.2, 0.25) is 0 Å². The quantitative estimate of drug-likeness (QED) is 0.695. The Labute approximate surface area is 163 Å². The molecule has 0 N–H and O–H groups in total. The summed E-state index contributed by atoms with van der Waals surface area (Å²) in [5.74, 6) is 0.955. The highest BCUT2D eigenvalue weighted by molar-refractivity contribution is 6.31. The lowest BCUT2D eigenvalue weighted by Gasteiger charge is -2.37. The largest absolute Gasteiger partial charge is 0.356 e. The van der Waals surface area contributed by atoms with Crippen LogP contribution in [-0.4, -0.2) is 51.8 Å². The first kappa shape index (κ1) is 17.8. The van der Waals surface area contributed by atoms with Crippen molar-refractivity contribution in [1.82, 2.24) is 19.7 Å². The van der Waals surface area contributed by atoms with Crippen LogP contribution in [0.25, 0.3) is 10.9 Å². The summed E-state index contributed by atoms with van der Waals surface area (Å²) in [5, 5.41) is 5.98. The average Bonchev–Trinajstić information content (AvgIpc) is 3.13. The standard InChI is InChI=1S/C20H22ClN5O/c1-24-10-9-18(23-24)20(27)25(2)16-7-11-26(12-8-16)19-6-3-14-13-15(21)4-5-17(14)22-19/h3-6,9-10,13,16H,7-8,11-12H2,1-2H3. The molecule has 7 heteroatoms. The number of piperidine rings is 1. The van der Waals surface area contributed by atoms with E-state index in [4.69, 9.17) is 16.6 Å². The number of aromatic nitrogens is 3. The normalized spacial score (nSPS) is 15.3. The number of carbonyl (C=O) groups is 1. The molecule has 0 radical (unpaired) electrons. The third-order valence-corrected chi connectivity index (χ3v) is 5.46. The van der Waals surface area contributed by atoms with Gasteiger partial charge in [-0.2, -0.15) is 5.10 Å². The molecule has 0 spiro atoms. The first-order chi connectivity index (χ1) is 13.0. The predicted molar refractivity (Wildman–Crippen MR) is 107 cm³/mol. The molecule has 1 amide bonds. The Hall–Kier alpha value is -2.60. The minimum atomic E-state index is -0.0187. The maximum absolute atomic E-state index is 12.6. The summed E-state index contributed by atoms with van der Waals surface area (Å²) in [5.41, 5.74) is 1.44. The third-order valence-electron chi connectivity index (χ3n) is 5.23. The van der Waals surface area contributed by atoms with Crippen LogP contribution in [-0.2, 0) is 7.05 Å². The molecule has 3 aromatic rings. The lowest BCUT2D eigenvalue weighted by molar-refractivity contribution is 0.0702. The van der Waals surface area contributed by atoms with Crippen molar-refractivity contribution in [3.63, 3.8) is 0 Å². The summed E-state index contributed by atoms with van der Waals surface area (Å²) in [6.45, 7) is 1.74. The molecule has 0 atom stereocenters. The van der Waals surface area contributed by atoms with Crippen molar-refractivity contribution in [1.29, 1.82) is 0 Å². The Kier molecular flexibility index (Phi) is 4.74. The molecule has 6 nitrogen and oxygen atoms in total. The fraction of sp³-hybridized carbons (Fsp3) is 0.350.